The van der Waals surface area contributed by atoms with Crippen LogP contribution in [0.4, 0.5) is 5.82 Å². The van der Waals surface area contributed by atoms with Crippen molar-refractivity contribution in [2.45, 2.75) is 26.2 Å². The summed E-state index contributed by atoms with van der Waals surface area (Å²) in [5.74, 6) is -0.484. The number of fused-ring (bicyclic) bond motifs is 1. The van der Waals surface area contributed by atoms with Gasteiger partial charge in [-0.15, -0.1) is 0 Å². The van der Waals surface area contributed by atoms with Crippen LogP contribution in [0.15, 0.2) is 18.3 Å². The number of unbranched alkanes of at least 4 members (excludes halogenated alkanes) is 1. The van der Waals surface area contributed by atoms with Crippen molar-refractivity contribution in [3.8, 4) is 0 Å². The summed E-state index contributed by atoms with van der Waals surface area (Å²) >= 11 is 0. The Hall–Kier alpha value is -2.61. The van der Waals surface area contributed by atoms with Crippen LogP contribution in [0.3, 0.4) is 0 Å². The standard InChI is InChI=1S/C14H19N5O3/c1-2-3-4-10-14(16-7-12(20)18-22)19-8-9(13(15)21)5-6-11(19)17-10/h5-6,8,16,22H,2-4,7H2,1H3,(H2,15,21)(H,18,20). The molecule has 2 aromatic heterocycles. The Balaban J connectivity index is 2.42. The molecule has 0 unspecified atom stereocenters. The van der Waals surface area contributed by atoms with Gasteiger partial charge in [0.25, 0.3) is 5.91 Å². The highest BCUT2D eigenvalue weighted by Crippen LogP contribution is 2.21. The lowest BCUT2D eigenvalue weighted by Crippen LogP contribution is -2.27. The van der Waals surface area contributed by atoms with E-state index >= 15 is 0 Å². The predicted molar refractivity (Wildman–Crippen MR) is 80.7 cm³/mol. The lowest BCUT2D eigenvalue weighted by atomic mass is 10.2. The summed E-state index contributed by atoms with van der Waals surface area (Å²) in [6.45, 7) is 1.97. The minimum atomic E-state index is -0.567. The molecule has 0 aliphatic carbocycles. The van der Waals surface area contributed by atoms with Crippen LogP contribution in [-0.2, 0) is 11.2 Å². The molecule has 0 saturated carbocycles. The number of hydroxylamine groups is 1. The van der Waals surface area contributed by atoms with Gasteiger partial charge in [0, 0.05) is 6.20 Å². The number of aryl methyl sites for hydroxylation is 1. The fourth-order valence-corrected chi connectivity index (χ4v) is 2.15. The summed E-state index contributed by atoms with van der Waals surface area (Å²) in [6.07, 6.45) is 4.29. The molecular formula is C14H19N5O3. The summed E-state index contributed by atoms with van der Waals surface area (Å²) in [5.41, 5.74) is 8.66. The van der Waals surface area contributed by atoms with E-state index in [0.717, 1.165) is 25.0 Å². The highest BCUT2D eigenvalue weighted by atomic mass is 16.5. The van der Waals surface area contributed by atoms with Crippen LogP contribution in [0.1, 0.15) is 35.8 Å². The summed E-state index contributed by atoms with van der Waals surface area (Å²) in [7, 11) is 0. The van der Waals surface area contributed by atoms with E-state index in [1.165, 1.54) is 0 Å². The highest BCUT2D eigenvalue weighted by Gasteiger charge is 2.14. The Morgan fingerprint density at radius 2 is 2.18 bits per heavy atom. The van der Waals surface area contributed by atoms with Gasteiger partial charge in [-0.05, 0) is 25.0 Å². The average Bonchev–Trinajstić information content (AvgIpc) is 2.87. The van der Waals surface area contributed by atoms with Crippen LogP contribution in [0.5, 0.6) is 0 Å². The van der Waals surface area contributed by atoms with Crippen LogP contribution in [-0.4, -0.2) is 33.0 Å². The lowest BCUT2D eigenvalue weighted by molar-refractivity contribution is -0.127. The second-order valence-electron chi connectivity index (χ2n) is 4.91. The van der Waals surface area contributed by atoms with Crippen molar-refractivity contribution in [1.82, 2.24) is 14.9 Å². The SMILES string of the molecule is CCCCc1nc2ccc(C(N)=O)cn2c1NCC(=O)NO. The first-order valence-electron chi connectivity index (χ1n) is 7.04. The average molecular weight is 305 g/mol. The van der Waals surface area contributed by atoms with E-state index in [-0.39, 0.29) is 6.54 Å². The Morgan fingerprint density at radius 1 is 1.41 bits per heavy atom. The quantitative estimate of drug-likeness (QED) is 0.443. The number of nitrogens with one attached hydrogen (secondary N) is 2. The maximum Gasteiger partial charge on any atom is 0.262 e. The molecule has 0 aliphatic rings. The molecule has 8 heteroatoms. The van der Waals surface area contributed by atoms with Gasteiger partial charge in [0.2, 0.25) is 5.91 Å². The molecular weight excluding hydrogens is 286 g/mol. The number of primary amides is 1. The Bertz CT molecular complexity index is 695. The number of imidazole rings is 1. The summed E-state index contributed by atoms with van der Waals surface area (Å²) in [5, 5.41) is 11.5. The van der Waals surface area contributed by atoms with Gasteiger partial charge in [-0.1, -0.05) is 13.3 Å². The third kappa shape index (κ3) is 3.34. The van der Waals surface area contributed by atoms with Gasteiger partial charge in [0.15, 0.2) is 0 Å². The number of anilines is 1. The molecule has 0 aliphatic heterocycles. The molecule has 8 nitrogen and oxygen atoms in total. The van der Waals surface area contributed by atoms with E-state index in [2.05, 4.69) is 17.2 Å². The smallest absolute Gasteiger partial charge is 0.262 e. The topological polar surface area (TPSA) is 122 Å². The molecule has 0 atom stereocenters. The Labute approximate surface area is 127 Å². The Kier molecular flexibility index (Phi) is 4.95. The number of amides is 2. The predicted octanol–water partition coefficient (Wildman–Crippen LogP) is 0.693. The van der Waals surface area contributed by atoms with Gasteiger partial charge in [0.05, 0.1) is 17.8 Å². The molecule has 0 fully saturated rings. The van der Waals surface area contributed by atoms with E-state index < -0.39 is 11.8 Å². The van der Waals surface area contributed by atoms with Gasteiger partial charge < -0.3 is 11.1 Å². The number of pyridine rings is 1. The summed E-state index contributed by atoms with van der Waals surface area (Å²) < 4.78 is 1.69. The first kappa shape index (κ1) is 15.8. The fourth-order valence-electron chi connectivity index (χ4n) is 2.15. The molecule has 2 aromatic rings. The molecule has 2 rings (SSSR count). The van der Waals surface area contributed by atoms with Crippen molar-refractivity contribution in [3.05, 3.63) is 29.6 Å². The van der Waals surface area contributed by atoms with Crippen LogP contribution in [0.2, 0.25) is 0 Å². The van der Waals surface area contributed by atoms with Crippen molar-refractivity contribution >= 4 is 23.3 Å². The van der Waals surface area contributed by atoms with Crippen LogP contribution >= 0.6 is 0 Å². The maximum atomic E-state index is 11.3. The van der Waals surface area contributed by atoms with Crippen molar-refractivity contribution in [2.75, 3.05) is 11.9 Å². The second-order valence-corrected chi connectivity index (χ2v) is 4.91. The molecule has 22 heavy (non-hydrogen) atoms. The highest BCUT2D eigenvalue weighted by molar-refractivity contribution is 5.93. The zero-order valence-corrected chi connectivity index (χ0v) is 12.3. The van der Waals surface area contributed by atoms with Crippen LogP contribution < -0.4 is 16.5 Å². The first-order valence-corrected chi connectivity index (χ1v) is 7.04. The van der Waals surface area contributed by atoms with Gasteiger partial charge in [-0.3, -0.25) is 19.2 Å². The van der Waals surface area contributed by atoms with Crippen LogP contribution in [0, 0.1) is 0 Å². The van der Waals surface area contributed by atoms with Crippen LogP contribution in [0.25, 0.3) is 5.65 Å². The van der Waals surface area contributed by atoms with Gasteiger partial charge in [0.1, 0.15) is 11.5 Å². The fraction of sp³-hybridized carbons (Fsp3) is 0.357. The van der Waals surface area contributed by atoms with Gasteiger partial charge >= 0.3 is 0 Å². The third-order valence-electron chi connectivity index (χ3n) is 3.28. The molecule has 0 saturated heterocycles. The number of hydrogen-bond acceptors (Lipinski definition) is 5. The molecule has 2 amide bonds. The third-order valence-corrected chi connectivity index (χ3v) is 3.28. The van der Waals surface area contributed by atoms with Crippen molar-refractivity contribution in [3.63, 3.8) is 0 Å². The molecule has 0 radical (unpaired) electrons. The maximum absolute atomic E-state index is 11.3. The van der Waals surface area contributed by atoms with Crippen molar-refractivity contribution in [1.29, 1.82) is 0 Å². The lowest BCUT2D eigenvalue weighted by Gasteiger charge is -2.08. The number of aromatic nitrogens is 2. The number of nitrogens with zero attached hydrogens (tertiary/aromatic N) is 2. The first-order chi connectivity index (χ1) is 10.6. The summed E-state index contributed by atoms with van der Waals surface area (Å²) in [4.78, 5) is 27.0. The number of carbonyl (C=O) groups excluding carboxylic acids is 2. The minimum absolute atomic E-state index is 0.107. The van der Waals surface area contributed by atoms with Crippen molar-refractivity contribution < 1.29 is 14.8 Å². The van der Waals surface area contributed by atoms with E-state index in [1.807, 2.05) is 0 Å². The number of nitrogens with two attached hydrogens (primary N) is 1. The zero-order valence-electron chi connectivity index (χ0n) is 12.3. The molecule has 118 valence electrons. The molecule has 2 heterocycles. The second kappa shape index (κ2) is 6.90. The minimum Gasteiger partial charge on any atom is -0.366 e. The monoisotopic (exact) mass is 305 g/mol. The number of hydrogen-bond donors (Lipinski definition) is 4. The van der Waals surface area contributed by atoms with Gasteiger partial charge in [-0.2, -0.15) is 0 Å². The van der Waals surface area contributed by atoms with E-state index in [4.69, 9.17) is 10.9 Å². The summed E-state index contributed by atoms with van der Waals surface area (Å²) in [6, 6.07) is 3.31. The largest absolute Gasteiger partial charge is 0.366 e. The number of carbonyl (C=O) groups is 2. The van der Waals surface area contributed by atoms with Gasteiger partial charge in [-0.25, -0.2) is 10.5 Å². The molecule has 5 N–H and O–H groups in total. The molecule has 0 aromatic carbocycles. The number of rotatable bonds is 7. The van der Waals surface area contributed by atoms with E-state index in [0.29, 0.717) is 17.0 Å². The molecule has 0 bridgehead atoms. The molecule has 0 spiro atoms. The zero-order chi connectivity index (χ0) is 16.1. The van der Waals surface area contributed by atoms with E-state index in [9.17, 15) is 9.59 Å². The van der Waals surface area contributed by atoms with Crippen molar-refractivity contribution in [2.24, 2.45) is 5.73 Å². The Morgan fingerprint density at radius 3 is 2.82 bits per heavy atom. The van der Waals surface area contributed by atoms with E-state index in [1.54, 1.807) is 28.2 Å². The normalized spacial score (nSPS) is 10.6.